The second-order valence-electron chi connectivity index (χ2n) is 6.53. The number of aliphatic carboxylic acids is 1. The van der Waals surface area contributed by atoms with E-state index >= 15 is 0 Å². The van der Waals surface area contributed by atoms with Gasteiger partial charge in [-0.05, 0) is 22.4 Å². The van der Waals surface area contributed by atoms with E-state index in [1.54, 1.807) is 6.34 Å². The van der Waals surface area contributed by atoms with Crippen molar-refractivity contribution in [1.82, 2.24) is 15.5 Å². The molecule has 1 fully saturated rings. The van der Waals surface area contributed by atoms with Crippen molar-refractivity contribution in [2.75, 3.05) is 18.8 Å². The minimum Gasteiger partial charge on any atom is -0.477 e. The Morgan fingerprint density at radius 2 is 2.34 bits per heavy atom. The summed E-state index contributed by atoms with van der Waals surface area (Å²) in [5, 5.41) is 18.9. The summed E-state index contributed by atoms with van der Waals surface area (Å²) < 4.78 is 0. The first-order valence-electron chi connectivity index (χ1n) is 8.83. The first-order chi connectivity index (χ1) is 14.0. The van der Waals surface area contributed by atoms with Crippen LogP contribution in [-0.2, 0) is 20.8 Å². The Bertz CT molecular complexity index is 926. The molecule has 0 saturated carbocycles. The quantitative estimate of drug-likeness (QED) is 0.559. The molecule has 3 aliphatic rings. The molecule has 1 saturated heterocycles. The molecule has 1 aromatic rings. The van der Waals surface area contributed by atoms with Crippen molar-refractivity contribution in [3.8, 4) is 0 Å². The fourth-order valence-electron chi connectivity index (χ4n) is 3.17. The predicted octanol–water partition coefficient (Wildman–Crippen LogP) is 1.24. The molecule has 1 unspecified atom stereocenters. The van der Waals surface area contributed by atoms with Gasteiger partial charge in [-0.2, -0.15) is 0 Å². The third kappa shape index (κ3) is 4.21. The number of β-lactam (4-membered cyclic amide) rings is 1. The molecule has 29 heavy (non-hydrogen) atoms. The zero-order valence-electron chi connectivity index (χ0n) is 15.2. The topological polar surface area (TPSA) is 111 Å². The Morgan fingerprint density at radius 3 is 3.03 bits per heavy atom. The normalized spacial score (nSPS) is 24.8. The molecule has 1 aromatic heterocycles. The number of carboxylic acids is 1. The van der Waals surface area contributed by atoms with Crippen molar-refractivity contribution in [2.24, 2.45) is 4.99 Å². The standard InChI is InChI=1S/C18H18N4O4S3/c23-13(4-11-2-1-3-27-11)21-14-16(24)22-15(18(25)26)12(8-29-17(14)22)28-7-10-5-19-9-20-6-10/h1-3,7,9,14,17H,4-6,8H2,(H,19,20)(H,21,23)(H,25,26)/t14?,17-/m1/s1. The minimum absolute atomic E-state index is 0.0108. The number of nitrogens with zero attached hydrogens (tertiary/aromatic N) is 2. The van der Waals surface area contributed by atoms with Gasteiger partial charge in [0, 0.05) is 22.1 Å². The third-order valence-electron chi connectivity index (χ3n) is 4.54. The molecule has 11 heteroatoms. The van der Waals surface area contributed by atoms with Gasteiger partial charge in [-0.25, -0.2) is 4.79 Å². The van der Waals surface area contributed by atoms with Gasteiger partial charge in [0.05, 0.1) is 19.3 Å². The lowest BCUT2D eigenvalue weighted by atomic mass is 10.0. The highest BCUT2D eigenvalue weighted by Crippen LogP contribution is 2.43. The lowest BCUT2D eigenvalue weighted by Crippen LogP contribution is -2.70. The fourth-order valence-corrected chi connectivity index (χ4v) is 6.31. The Kier molecular flexibility index (Phi) is 5.97. The third-order valence-corrected chi connectivity index (χ3v) is 7.95. The number of hydrogen-bond donors (Lipinski definition) is 3. The molecular weight excluding hydrogens is 432 g/mol. The number of nitrogens with one attached hydrogen (secondary N) is 2. The Morgan fingerprint density at radius 1 is 1.48 bits per heavy atom. The van der Waals surface area contributed by atoms with E-state index in [1.165, 1.54) is 39.8 Å². The van der Waals surface area contributed by atoms with E-state index in [4.69, 9.17) is 0 Å². The van der Waals surface area contributed by atoms with Gasteiger partial charge < -0.3 is 15.7 Å². The molecule has 152 valence electrons. The van der Waals surface area contributed by atoms with Crippen LogP contribution in [0, 0.1) is 0 Å². The van der Waals surface area contributed by atoms with Gasteiger partial charge in [0.1, 0.15) is 17.1 Å². The largest absolute Gasteiger partial charge is 0.477 e. The Hall–Kier alpha value is -2.24. The average Bonchev–Trinajstić information content (AvgIpc) is 3.23. The number of fused-ring (bicyclic) bond motifs is 1. The summed E-state index contributed by atoms with van der Waals surface area (Å²) in [7, 11) is 0. The number of carbonyl (C=O) groups excluding carboxylic acids is 2. The van der Waals surface area contributed by atoms with E-state index in [1.807, 2.05) is 22.9 Å². The maximum Gasteiger partial charge on any atom is 0.353 e. The summed E-state index contributed by atoms with van der Waals surface area (Å²) in [4.78, 5) is 43.7. The van der Waals surface area contributed by atoms with E-state index in [0.717, 1.165) is 10.5 Å². The van der Waals surface area contributed by atoms with Crippen LogP contribution < -0.4 is 10.6 Å². The van der Waals surface area contributed by atoms with Crippen molar-refractivity contribution in [2.45, 2.75) is 17.8 Å². The van der Waals surface area contributed by atoms with Gasteiger partial charge in [0.2, 0.25) is 5.91 Å². The first kappa shape index (κ1) is 20.0. The number of carboxylic acid groups (broad SMARTS) is 1. The van der Waals surface area contributed by atoms with E-state index in [-0.39, 0.29) is 29.3 Å². The molecule has 3 N–H and O–H groups in total. The summed E-state index contributed by atoms with van der Waals surface area (Å²) in [6, 6.07) is 3.04. The summed E-state index contributed by atoms with van der Waals surface area (Å²) in [6.07, 6.45) is 1.86. The van der Waals surface area contributed by atoms with Crippen LogP contribution in [0.25, 0.3) is 0 Å². The maximum atomic E-state index is 12.6. The van der Waals surface area contributed by atoms with Crippen LogP contribution in [-0.4, -0.2) is 64.4 Å². The van der Waals surface area contributed by atoms with Crippen LogP contribution in [0.4, 0.5) is 0 Å². The highest BCUT2D eigenvalue weighted by Gasteiger charge is 2.54. The van der Waals surface area contributed by atoms with Gasteiger partial charge in [-0.15, -0.1) is 23.1 Å². The van der Waals surface area contributed by atoms with E-state index in [2.05, 4.69) is 15.6 Å². The molecule has 0 radical (unpaired) electrons. The van der Waals surface area contributed by atoms with Gasteiger partial charge >= 0.3 is 5.97 Å². The molecule has 3 aliphatic heterocycles. The molecular formula is C18H18N4O4S3. The van der Waals surface area contributed by atoms with Crippen LogP contribution in [0.15, 0.2) is 44.1 Å². The second-order valence-corrected chi connectivity index (χ2v) is 9.63. The van der Waals surface area contributed by atoms with E-state index < -0.39 is 12.0 Å². The molecule has 0 bridgehead atoms. The van der Waals surface area contributed by atoms with Crippen LogP contribution in [0.5, 0.6) is 0 Å². The lowest BCUT2D eigenvalue weighted by Gasteiger charge is -2.49. The van der Waals surface area contributed by atoms with Gasteiger partial charge in [0.25, 0.3) is 5.91 Å². The molecule has 4 rings (SSSR count). The smallest absolute Gasteiger partial charge is 0.353 e. The molecule has 2 atom stereocenters. The lowest BCUT2D eigenvalue weighted by molar-refractivity contribution is -0.150. The van der Waals surface area contributed by atoms with E-state index in [0.29, 0.717) is 23.7 Å². The predicted molar refractivity (Wildman–Crippen MR) is 115 cm³/mol. The fraction of sp³-hybridized carbons (Fsp3) is 0.333. The van der Waals surface area contributed by atoms with Crippen LogP contribution in [0.2, 0.25) is 0 Å². The summed E-state index contributed by atoms with van der Waals surface area (Å²) in [5.74, 6) is -1.28. The molecule has 0 spiro atoms. The summed E-state index contributed by atoms with van der Waals surface area (Å²) in [5.41, 5.74) is 1.06. The van der Waals surface area contributed by atoms with Crippen molar-refractivity contribution in [3.63, 3.8) is 0 Å². The van der Waals surface area contributed by atoms with Crippen molar-refractivity contribution >= 4 is 59.0 Å². The zero-order chi connectivity index (χ0) is 20.4. The maximum absolute atomic E-state index is 12.6. The van der Waals surface area contributed by atoms with Crippen molar-refractivity contribution in [3.05, 3.63) is 44.0 Å². The molecule has 4 heterocycles. The first-order valence-corrected chi connectivity index (χ1v) is 11.6. The van der Waals surface area contributed by atoms with Crippen LogP contribution >= 0.6 is 34.9 Å². The Balaban J connectivity index is 1.45. The van der Waals surface area contributed by atoms with Crippen molar-refractivity contribution in [1.29, 1.82) is 0 Å². The second kappa shape index (κ2) is 8.64. The minimum atomic E-state index is -1.13. The number of amides is 2. The number of rotatable bonds is 6. The highest BCUT2D eigenvalue weighted by molar-refractivity contribution is 8.08. The van der Waals surface area contributed by atoms with Gasteiger partial charge in [-0.3, -0.25) is 19.5 Å². The summed E-state index contributed by atoms with van der Waals surface area (Å²) >= 11 is 4.27. The monoisotopic (exact) mass is 450 g/mol. The molecule has 0 aliphatic carbocycles. The summed E-state index contributed by atoms with van der Waals surface area (Å²) in [6.45, 7) is 1.25. The number of hydrogen-bond acceptors (Lipinski definition) is 8. The van der Waals surface area contributed by atoms with Crippen LogP contribution in [0.1, 0.15) is 4.88 Å². The zero-order valence-corrected chi connectivity index (χ0v) is 17.6. The number of thiophene rings is 1. The van der Waals surface area contributed by atoms with Crippen LogP contribution in [0.3, 0.4) is 0 Å². The van der Waals surface area contributed by atoms with E-state index in [9.17, 15) is 19.5 Å². The van der Waals surface area contributed by atoms with Gasteiger partial charge in [0.15, 0.2) is 0 Å². The molecule has 0 aromatic carbocycles. The molecule has 8 nitrogen and oxygen atoms in total. The van der Waals surface area contributed by atoms with Crippen molar-refractivity contribution < 1.29 is 19.5 Å². The Labute approximate surface area is 179 Å². The number of aliphatic imine (C=N–C) groups is 1. The number of carbonyl (C=O) groups is 3. The highest BCUT2D eigenvalue weighted by atomic mass is 32.2. The van der Waals surface area contributed by atoms with Gasteiger partial charge in [-0.1, -0.05) is 17.8 Å². The molecule has 2 amide bonds. The SMILES string of the molecule is O=C(Cc1cccs1)NC1C(=O)N2C(C(=O)O)=C(SC=C3CN=CNC3)CS[C@H]12. The number of thioether (sulfide) groups is 2. The average molecular weight is 451 g/mol.